The molecule has 2 atom stereocenters. The van der Waals surface area contributed by atoms with Crippen LogP contribution in [0.15, 0.2) is 18.5 Å². The Bertz CT molecular complexity index is 418. The molecule has 0 bridgehead atoms. The van der Waals surface area contributed by atoms with Gasteiger partial charge in [-0.3, -0.25) is 4.98 Å². The summed E-state index contributed by atoms with van der Waals surface area (Å²) in [6.07, 6.45) is 10.5. The molecular formula is C16H25N3. The minimum Gasteiger partial charge on any atom is -0.314 e. The van der Waals surface area contributed by atoms with E-state index in [0.29, 0.717) is 0 Å². The van der Waals surface area contributed by atoms with Crippen molar-refractivity contribution in [2.75, 3.05) is 19.6 Å². The number of rotatable bonds is 4. The van der Waals surface area contributed by atoms with Crippen LogP contribution in [0.2, 0.25) is 0 Å². The normalized spacial score (nSPS) is 27.4. The van der Waals surface area contributed by atoms with Crippen molar-refractivity contribution in [3.05, 3.63) is 29.6 Å². The fraction of sp³-hybridized carbons (Fsp3) is 0.688. The molecule has 1 N–H and O–H groups in total. The lowest BCUT2D eigenvalue weighted by atomic mass is 9.97. The van der Waals surface area contributed by atoms with Gasteiger partial charge in [0.25, 0.3) is 0 Å². The summed E-state index contributed by atoms with van der Waals surface area (Å²) in [4.78, 5) is 6.84. The van der Waals surface area contributed by atoms with Crippen LogP contribution < -0.4 is 5.32 Å². The monoisotopic (exact) mass is 259 g/mol. The fourth-order valence-electron chi connectivity index (χ4n) is 3.60. The number of nitrogens with one attached hydrogen (secondary N) is 1. The molecule has 3 rings (SSSR count). The third-order valence-corrected chi connectivity index (χ3v) is 4.78. The molecule has 3 heterocycles. The second-order valence-corrected chi connectivity index (χ2v) is 6.06. The highest BCUT2D eigenvalue weighted by atomic mass is 15.2. The van der Waals surface area contributed by atoms with Crippen LogP contribution in [0.4, 0.5) is 0 Å². The van der Waals surface area contributed by atoms with Crippen LogP contribution >= 0.6 is 0 Å². The molecule has 2 aliphatic heterocycles. The average molecular weight is 259 g/mol. The van der Waals surface area contributed by atoms with E-state index in [9.17, 15) is 0 Å². The van der Waals surface area contributed by atoms with Gasteiger partial charge in [-0.05, 0) is 75.9 Å². The number of hydrogen-bond acceptors (Lipinski definition) is 3. The van der Waals surface area contributed by atoms with E-state index < -0.39 is 0 Å². The van der Waals surface area contributed by atoms with Crippen LogP contribution in [-0.2, 0) is 6.42 Å². The summed E-state index contributed by atoms with van der Waals surface area (Å²) in [6, 6.07) is 3.76. The van der Waals surface area contributed by atoms with Crippen molar-refractivity contribution < 1.29 is 0 Å². The summed E-state index contributed by atoms with van der Waals surface area (Å²) in [7, 11) is 0. The molecule has 0 saturated carbocycles. The van der Waals surface area contributed by atoms with E-state index in [1.807, 2.05) is 12.4 Å². The number of hydrogen-bond donors (Lipinski definition) is 1. The lowest BCUT2D eigenvalue weighted by Crippen LogP contribution is -2.46. The Morgan fingerprint density at radius 2 is 2.32 bits per heavy atom. The van der Waals surface area contributed by atoms with Crippen molar-refractivity contribution in [3.8, 4) is 0 Å². The van der Waals surface area contributed by atoms with Crippen molar-refractivity contribution in [1.29, 1.82) is 0 Å². The number of aromatic nitrogens is 1. The molecule has 104 valence electrons. The van der Waals surface area contributed by atoms with Gasteiger partial charge in [-0.15, -0.1) is 0 Å². The molecule has 19 heavy (non-hydrogen) atoms. The van der Waals surface area contributed by atoms with Gasteiger partial charge in [-0.2, -0.15) is 0 Å². The largest absolute Gasteiger partial charge is 0.314 e. The zero-order chi connectivity index (χ0) is 13.1. The predicted octanol–water partition coefficient (Wildman–Crippen LogP) is 2.15. The van der Waals surface area contributed by atoms with Crippen LogP contribution in [0.1, 0.15) is 36.8 Å². The van der Waals surface area contributed by atoms with E-state index in [-0.39, 0.29) is 0 Å². The zero-order valence-corrected chi connectivity index (χ0v) is 11.9. The molecular weight excluding hydrogens is 234 g/mol. The molecule has 1 aromatic rings. The lowest BCUT2D eigenvalue weighted by molar-refractivity contribution is 0.167. The first-order valence-electron chi connectivity index (χ1n) is 7.70. The molecule has 0 aliphatic carbocycles. The molecule has 0 spiro atoms. The van der Waals surface area contributed by atoms with Crippen molar-refractivity contribution in [3.63, 3.8) is 0 Å². The van der Waals surface area contributed by atoms with Crippen LogP contribution in [-0.4, -0.2) is 41.6 Å². The van der Waals surface area contributed by atoms with E-state index in [1.165, 1.54) is 49.9 Å². The van der Waals surface area contributed by atoms with Crippen molar-refractivity contribution in [2.24, 2.45) is 0 Å². The first kappa shape index (κ1) is 13.1. The Kier molecular flexibility index (Phi) is 4.14. The number of aryl methyl sites for hydroxylation is 1. The Hall–Kier alpha value is -0.930. The first-order chi connectivity index (χ1) is 9.33. The predicted molar refractivity (Wildman–Crippen MR) is 78.3 cm³/mol. The quantitative estimate of drug-likeness (QED) is 0.898. The van der Waals surface area contributed by atoms with E-state index in [2.05, 4.69) is 28.2 Å². The second kappa shape index (κ2) is 6.02. The van der Waals surface area contributed by atoms with Gasteiger partial charge in [-0.25, -0.2) is 0 Å². The van der Waals surface area contributed by atoms with Gasteiger partial charge in [-0.1, -0.05) is 0 Å². The Morgan fingerprint density at radius 1 is 1.37 bits per heavy atom. The third-order valence-electron chi connectivity index (χ3n) is 4.78. The first-order valence-corrected chi connectivity index (χ1v) is 7.70. The van der Waals surface area contributed by atoms with Crippen LogP contribution in [0.25, 0.3) is 0 Å². The summed E-state index contributed by atoms with van der Waals surface area (Å²) in [6.45, 7) is 5.89. The zero-order valence-electron chi connectivity index (χ0n) is 11.9. The maximum atomic E-state index is 4.15. The number of pyridine rings is 1. The molecule has 0 unspecified atom stereocenters. The summed E-state index contributed by atoms with van der Waals surface area (Å²) in [5, 5.41) is 3.76. The van der Waals surface area contributed by atoms with Gasteiger partial charge in [0, 0.05) is 24.5 Å². The highest BCUT2D eigenvalue weighted by molar-refractivity contribution is 5.21. The fourth-order valence-corrected chi connectivity index (χ4v) is 3.60. The van der Waals surface area contributed by atoms with Crippen molar-refractivity contribution in [2.45, 2.75) is 51.1 Å². The summed E-state index contributed by atoms with van der Waals surface area (Å²) >= 11 is 0. The molecule has 0 radical (unpaired) electrons. The van der Waals surface area contributed by atoms with Crippen LogP contribution in [0, 0.1) is 6.92 Å². The van der Waals surface area contributed by atoms with Gasteiger partial charge in [0.15, 0.2) is 0 Å². The SMILES string of the molecule is Cc1cnccc1CCN[C@@H]1CCN2CCC[C@H]2C1. The maximum Gasteiger partial charge on any atom is 0.0299 e. The standard InChI is InChI=1S/C16H25N3/c1-13-12-17-7-4-14(13)5-8-18-15-6-10-19-9-2-3-16(19)11-15/h4,7,12,15-16,18H,2-3,5-6,8-11H2,1H3/t15-,16+/m1/s1. The van der Waals surface area contributed by atoms with Crippen LogP contribution in [0.5, 0.6) is 0 Å². The molecule has 0 aromatic carbocycles. The number of fused-ring (bicyclic) bond motifs is 1. The molecule has 2 fully saturated rings. The van der Waals surface area contributed by atoms with Crippen molar-refractivity contribution >= 4 is 0 Å². The van der Waals surface area contributed by atoms with Gasteiger partial charge >= 0.3 is 0 Å². The van der Waals surface area contributed by atoms with Gasteiger partial charge in [0.2, 0.25) is 0 Å². The van der Waals surface area contributed by atoms with E-state index in [4.69, 9.17) is 0 Å². The number of nitrogens with zero attached hydrogens (tertiary/aromatic N) is 2. The molecule has 1 aromatic heterocycles. The molecule has 3 heteroatoms. The highest BCUT2D eigenvalue weighted by Crippen LogP contribution is 2.26. The summed E-state index contributed by atoms with van der Waals surface area (Å²) < 4.78 is 0. The van der Waals surface area contributed by atoms with Gasteiger partial charge < -0.3 is 10.2 Å². The average Bonchev–Trinajstić information content (AvgIpc) is 2.88. The van der Waals surface area contributed by atoms with E-state index in [1.54, 1.807) is 0 Å². The highest BCUT2D eigenvalue weighted by Gasteiger charge is 2.31. The molecule has 3 nitrogen and oxygen atoms in total. The van der Waals surface area contributed by atoms with Gasteiger partial charge in [0.1, 0.15) is 0 Å². The molecule has 2 aliphatic rings. The molecule has 0 amide bonds. The Morgan fingerprint density at radius 3 is 3.21 bits per heavy atom. The smallest absolute Gasteiger partial charge is 0.0299 e. The number of piperidine rings is 1. The molecule has 2 saturated heterocycles. The second-order valence-electron chi connectivity index (χ2n) is 6.06. The van der Waals surface area contributed by atoms with Crippen molar-refractivity contribution in [1.82, 2.24) is 15.2 Å². The summed E-state index contributed by atoms with van der Waals surface area (Å²) in [5.41, 5.74) is 2.75. The lowest BCUT2D eigenvalue weighted by Gasteiger charge is -2.35. The van der Waals surface area contributed by atoms with E-state index in [0.717, 1.165) is 25.0 Å². The maximum absolute atomic E-state index is 4.15. The van der Waals surface area contributed by atoms with Crippen LogP contribution in [0.3, 0.4) is 0 Å². The minimum atomic E-state index is 0.737. The minimum absolute atomic E-state index is 0.737. The topological polar surface area (TPSA) is 28.2 Å². The van der Waals surface area contributed by atoms with Gasteiger partial charge in [0.05, 0.1) is 0 Å². The third kappa shape index (κ3) is 3.15. The Balaban J connectivity index is 1.44. The Labute approximate surface area is 116 Å². The van der Waals surface area contributed by atoms with E-state index >= 15 is 0 Å². The summed E-state index contributed by atoms with van der Waals surface area (Å²) in [5.74, 6) is 0.